The molecule has 0 atom stereocenters. The van der Waals surface area contributed by atoms with Crippen molar-refractivity contribution in [2.24, 2.45) is 0 Å². The summed E-state index contributed by atoms with van der Waals surface area (Å²) in [7, 11) is 1.75. The Balaban J connectivity index is 2.05. The van der Waals surface area contributed by atoms with Crippen LogP contribution in [0.25, 0.3) is 0 Å². The van der Waals surface area contributed by atoms with Gasteiger partial charge in [0, 0.05) is 19.8 Å². The first-order valence-corrected chi connectivity index (χ1v) is 9.20. The monoisotopic (exact) mass is 379 g/mol. The van der Waals surface area contributed by atoms with Crippen molar-refractivity contribution in [2.45, 2.75) is 40.3 Å². The summed E-state index contributed by atoms with van der Waals surface area (Å²) in [5.41, 5.74) is 1.57. The predicted molar refractivity (Wildman–Crippen MR) is 102 cm³/mol. The Morgan fingerprint density at radius 2 is 1.88 bits per heavy atom. The van der Waals surface area contributed by atoms with Gasteiger partial charge in [0.15, 0.2) is 11.5 Å². The average Bonchev–Trinajstić information content (AvgIpc) is 2.97. The van der Waals surface area contributed by atoms with Crippen LogP contribution in [0.1, 0.15) is 32.0 Å². The molecule has 0 N–H and O–H groups in total. The number of carbonyl (C=O) groups excluding carboxylic acids is 1. The summed E-state index contributed by atoms with van der Waals surface area (Å²) in [5, 5.41) is 4.96. The number of carbonyl (C=O) groups is 1. The average molecular weight is 380 g/mol. The van der Waals surface area contributed by atoms with Gasteiger partial charge in [-0.1, -0.05) is 17.7 Å². The number of nitrogens with zero attached hydrogens (tertiary/aromatic N) is 3. The highest BCUT2D eigenvalue weighted by atomic mass is 35.5. The molecule has 0 saturated carbocycles. The molecule has 0 aliphatic carbocycles. The van der Waals surface area contributed by atoms with Crippen LogP contribution in [0.3, 0.4) is 0 Å². The van der Waals surface area contributed by atoms with E-state index >= 15 is 0 Å². The van der Waals surface area contributed by atoms with E-state index in [2.05, 4.69) is 5.10 Å². The molecule has 0 fully saturated rings. The molecule has 0 radical (unpaired) electrons. The van der Waals surface area contributed by atoms with Gasteiger partial charge in [0.05, 0.1) is 31.2 Å². The highest BCUT2D eigenvalue weighted by Gasteiger charge is 2.16. The van der Waals surface area contributed by atoms with E-state index < -0.39 is 0 Å². The first-order chi connectivity index (χ1) is 12.5. The van der Waals surface area contributed by atoms with Crippen molar-refractivity contribution in [2.75, 3.05) is 20.3 Å². The number of amides is 1. The van der Waals surface area contributed by atoms with Gasteiger partial charge in [0.2, 0.25) is 5.91 Å². The van der Waals surface area contributed by atoms with E-state index in [1.54, 1.807) is 22.8 Å². The molecule has 1 heterocycles. The second-order valence-electron chi connectivity index (χ2n) is 5.85. The summed E-state index contributed by atoms with van der Waals surface area (Å²) in [6, 6.07) is 5.59. The number of likely N-dealkylation sites (N-methyl/N-ethyl adjacent to an activating group) is 1. The quantitative estimate of drug-likeness (QED) is 0.668. The molecule has 0 aliphatic rings. The number of hydrogen-bond donors (Lipinski definition) is 0. The molecular weight excluding hydrogens is 354 g/mol. The topological polar surface area (TPSA) is 56.6 Å². The third kappa shape index (κ3) is 5.14. The lowest BCUT2D eigenvalue weighted by molar-refractivity contribution is -0.129. The van der Waals surface area contributed by atoms with Gasteiger partial charge in [-0.25, -0.2) is 0 Å². The molecule has 142 valence electrons. The third-order valence-electron chi connectivity index (χ3n) is 3.89. The van der Waals surface area contributed by atoms with Crippen molar-refractivity contribution < 1.29 is 14.3 Å². The molecule has 7 heteroatoms. The smallest absolute Gasteiger partial charge is 0.227 e. The van der Waals surface area contributed by atoms with Gasteiger partial charge in [-0.2, -0.15) is 5.10 Å². The lowest BCUT2D eigenvalue weighted by Crippen LogP contribution is -2.28. The molecule has 1 aromatic heterocycles. The van der Waals surface area contributed by atoms with Crippen LogP contribution in [0.15, 0.2) is 24.4 Å². The van der Waals surface area contributed by atoms with Crippen LogP contribution in [0.4, 0.5) is 0 Å². The van der Waals surface area contributed by atoms with Gasteiger partial charge in [-0.05, 0) is 38.5 Å². The maximum Gasteiger partial charge on any atom is 0.227 e. The highest BCUT2D eigenvalue weighted by molar-refractivity contribution is 6.31. The number of ether oxygens (including phenoxy) is 2. The maximum absolute atomic E-state index is 12.6. The first kappa shape index (κ1) is 20.1. The van der Waals surface area contributed by atoms with Crippen molar-refractivity contribution in [3.05, 3.63) is 40.7 Å². The Labute approximate surface area is 159 Å². The van der Waals surface area contributed by atoms with Gasteiger partial charge in [-0.15, -0.1) is 0 Å². The van der Waals surface area contributed by atoms with Crippen molar-refractivity contribution in [1.29, 1.82) is 0 Å². The second-order valence-corrected chi connectivity index (χ2v) is 6.26. The van der Waals surface area contributed by atoms with E-state index in [4.69, 9.17) is 21.1 Å². The molecule has 0 saturated heterocycles. The number of hydrogen-bond acceptors (Lipinski definition) is 4. The molecule has 1 aromatic carbocycles. The highest BCUT2D eigenvalue weighted by Crippen LogP contribution is 2.29. The normalized spacial score (nSPS) is 10.7. The summed E-state index contributed by atoms with van der Waals surface area (Å²) in [4.78, 5) is 14.2. The molecule has 26 heavy (non-hydrogen) atoms. The minimum Gasteiger partial charge on any atom is -0.490 e. The number of benzene rings is 1. The van der Waals surface area contributed by atoms with E-state index in [9.17, 15) is 4.79 Å². The molecule has 0 aliphatic heterocycles. The fourth-order valence-electron chi connectivity index (χ4n) is 2.53. The van der Waals surface area contributed by atoms with Crippen LogP contribution < -0.4 is 9.47 Å². The molecule has 6 nitrogen and oxygen atoms in total. The zero-order valence-electron chi connectivity index (χ0n) is 15.8. The Bertz CT molecular complexity index is 746. The Morgan fingerprint density at radius 1 is 1.19 bits per heavy atom. The standard InChI is InChI=1S/C19H26ClN3O3/c1-5-23-12-15(20)16(21-23)13-22(4)19(24)11-14-8-9-17(25-6-2)18(10-14)26-7-3/h8-10,12H,5-7,11,13H2,1-4H3. The van der Waals surface area contributed by atoms with E-state index in [0.29, 0.717) is 42.0 Å². The van der Waals surface area contributed by atoms with Crippen LogP contribution in [0.5, 0.6) is 11.5 Å². The van der Waals surface area contributed by atoms with Crippen molar-refractivity contribution in [3.63, 3.8) is 0 Å². The van der Waals surface area contributed by atoms with Gasteiger partial charge in [0.1, 0.15) is 5.69 Å². The zero-order valence-corrected chi connectivity index (χ0v) is 16.5. The summed E-state index contributed by atoms with van der Waals surface area (Å²) in [6.07, 6.45) is 2.05. The fourth-order valence-corrected chi connectivity index (χ4v) is 2.74. The maximum atomic E-state index is 12.6. The molecule has 1 amide bonds. The van der Waals surface area contributed by atoms with Crippen molar-refractivity contribution in [1.82, 2.24) is 14.7 Å². The Kier molecular flexibility index (Phi) is 7.33. The number of aryl methyl sites for hydroxylation is 1. The Hall–Kier alpha value is -2.21. The summed E-state index contributed by atoms with van der Waals surface area (Å²) < 4.78 is 12.9. The lowest BCUT2D eigenvalue weighted by atomic mass is 10.1. The minimum absolute atomic E-state index is 0.0151. The molecule has 2 rings (SSSR count). The van der Waals surface area contributed by atoms with Crippen molar-refractivity contribution in [3.8, 4) is 11.5 Å². The van der Waals surface area contributed by atoms with Gasteiger partial charge >= 0.3 is 0 Å². The first-order valence-electron chi connectivity index (χ1n) is 8.82. The largest absolute Gasteiger partial charge is 0.490 e. The summed E-state index contributed by atoms with van der Waals surface area (Å²) in [5.74, 6) is 1.33. The molecule has 0 unspecified atom stereocenters. The van der Waals surface area contributed by atoms with Crippen molar-refractivity contribution >= 4 is 17.5 Å². The number of halogens is 1. The van der Waals surface area contributed by atoms with Crippen LogP contribution >= 0.6 is 11.6 Å². The fraction of sp³-hybridized carbons (Fsp3) is 0.474. The molecule has 2 aromatic rings. The zero-order chi connectivity index (χ0) is 19.1. The van der Waals surface area contributed by atoms with Crippen LogP contribution in [-0.2, 0) is 24.3 Å². The van der Waals surface area contributed by atoms with Gasteiger partial charge in [0.25, 0.3) is 0 Å². The lowest BCUT2D eigenvalue weighted by Gasteiger charge is -2.17. The summed E-state index contributed by atoms with van der Waals surface area (Å²) >= 11 is 6.18. The SMILES string of the molecule is CCOc1ccc(CC(=O)N(C)Cc2nn(CC)cc2Cl)cc1OCC. The molecule has 0 bridgehead atoms. The van der Waals surface area contributed by atoms with E-state index in [-0.39, 0.29) is 12.3 Å². The molecular formula is C19H26ClN3O3. The van der Waals surface area contributed by atoms with E-state index in [1.807, 2.05) is 39.0 Å². The molecule has 0 spiro atoms. The van der Waals surface area contributed by atoms with Gasteiger partial charge in [-0.3, -0.25) is 9.48 Å². The van der Waals surface area contributed by atoms with E-state index in [1.165, 1.54) is 0 Å². The Morgan fingerprint density at radius 3 is 2.50 bits per heavy atom. The van der Waals surface area contributed by atoms with E-state index in [0.717, 1.165) is 12.1 Å². The summed E-state index contributed by atoms with van der Waals surface area (Å²) in [6.45, 7) is 8.05. The second kappa shape index (κ2) is 9.48. The predicted octanol–water partition coefficient (Wildman–Crippen LogP) is 3.55. The van der Waals surface area contributed by atoms with Crippen LogP contribution in [-0.4, -0.2) is 40.8 Å². The third-order valence-corrected chi connectivity index (χ3v) is 4.20. The van der Waals surface area contributed by atoms with Gasteiger partial charge < -0.3 is 14.4 Å². The van der Waals surface area contributed by atoms with Crippen LogP contribution in [0.2, 0.25) is 5.02 Å². The number of rotatable bonds is 9. The minimum atomic E-state index is -0.0151. The van der Waals surface area contributed by atoms with Crippen LogP contribution in [0, 0.1) is 0 Å². The number of aromatic nitrogens is 2.